The van der Waals surface area contributed by atoms with Crippen LogP contribution in [0.15, 0.2) is 87.0 Å². The summed E-state index contributed by atoms with van der Waals surface area (Å²) < 4.78 is 0. The molecule has 8 heterocycles. The average Bonchev–Trinajstić information content (AvgIpc) is 1.34. The molecule has 0 aliphatic carbocycles. The highest BCUT2D eigenvalue weighted by molar-refractivity contribution is 6.33. The van der Waals surface area contributed by atoms with Gasteiger partial charge in [-0.25, -0.2) is 79.7 Å². The topological polar surface area (TPSA) is 219 Å². The number of rotatable bonds is 12. The summed E-state index contributed by atoms with van der Waals surface area (Å²) in [6.45, 7) is 32.2. The Morgan fingerprint density at radius 2 is 0.310 bits per heavy atom. The number of aryl methyl sites for hydroxylation is 16. The number of hydrogen-bond acceptors (Lipinski definition) is 20. The van der Waals surface area contributed by atoms with Crippen molar-refractivity contribution >= 4 is 101 Å². The average molecular weight is 1110 g/mol. The zero-order valence-corrected chi connectivity index (χ0v) is 50.0. The van der Waals surface area contributed by atoms with Gasteiger partial charge in [-0.3, -0.25) is 0 Å². The van der Waals surface area contributed by atoms with Crippen LogP contribution in [0, 0.1) is 111 Å². The molecule has 20 heteroatoms. The number of anilines is 12. The van der Waals surface area contributed by atoms with Gasteiger partial charge in [-0.1, -0.05) is 24.3 Å². The van der Waals surface area contributed by atoms with Gasteiger partial charge in [0.15, 0.2) is 0 Å². The van der Waals surface area contributed by atoms with Crippen LogP contribution in [0.4, 0.5) is 68.2 Å². The third kappa shape index (κ3) is 8.65. The van der Waals surface area contributed by atoms with E-state index in [2.05, 4.69) is 56.0 Å². The Labute approximate surface area is 486 Å². The van der Waals surface area contributed by atoms with Gasteiger partial charge in [0, 0.05) is 32.3 Å². The van der Waals surface area contributed by atoms with Crippen LogP contribution in [0.1, 0.15) is 91.1 Å². The lowest BCUT2D eigenvalue weighted by atomic mass is 9.88. The SMILES string of the molecule is Cc1ncnc(C)c1N(c1c(C)ncnc1C)c1cc(N(c2c(C)ncnc2C)c2c(C)ncnc2C)c2ccc3c(N(c4c(C)ncnc4C)c4c(C)ncnc4C)cc(N(c4c(C)ncnc4C)c4c(C)ncnc4C)c4ccc1c2c43. The van der Waals surface area contributed by atoms with E-state index in [0.717, 1.165) is 192 Å². The molecule has 20 nitrogen and oxygen atoms in total. The molecule has 0 amide bonds. The van der Waals surface area contributed by atoms with E-state index >= 15 is 0 Å². The van der Waals surface area contributed by atoms with Crippen molar-refractivity contribution in [3.63, 3.8) is 0 Å². The van der Waals surface area contributed by atoms with Crippen LogP contribution < -0.4 is 19.6 Å². The van der Waals surface area contributed by atoms with Gasteiger partial charge in [0.25, 0.3) is 0 Å². The molecule has 0 saturated carbocycles. The van der Waals surface area contributed by atoms with Crippen molar-refractivity contribution in [2.75, 3.05) is 19.6 Å². The molecule has 418 valence electrons. The van der Waals surface area contributed by atoms with Gasteiger partial charge < -0.3 is 19.6 Å². The summed E-state index contributed by atoms with van der Waals surface area (Å²) in [5.74, 6) is 0. The zero-order chi connectivity index (χ0) is 59.2. The highest BCUT2D eigenvalue weighted by atomic mass is 15.2. The maximum absolute atomic E-state index is 4.88. The molecule has 0 radical (unpaired) electrons. The zero-order valence-electron chi connectivity index (χ0n) is 50.0. The molecule has 0 N–H and O–H groups in total. The van der Waals surface area contributed by atoms with Crippen molar-refractivity contribution in [1.82, 2.24) is 79.7 Å². The standard InChI is InChI=1S/C64H62N20/c1-31-57(32(2)66-23-65-31)81(58-33(3)67-24-68-34(58)4)51-21-52(82(59-35(5)69-25-70-36(59)6)60-37(7)71-26-72-38(60)8)48-19-20-50-54(84(63-43(13)77-29-78-44(63)14)64-45(15)79-30-80-46(64)16)22-53(49-18-17-47(51)55(48)56(49)50)83(61-39(9)73-27-74-40(61)10)62-41(11)75-28-76-42(62)12/h17-30H,1-16H3. The fourth-order valence-electron chi connectivity index (χ4n) is 12.3. The van der Waals surface area contributed by atoms with Crippen LogP contribution in [0.25, 0.3) is 32.3 Å². The van der Waals surface area contributed by atoms with Crippen molar-refractivity contribution in [3.05, 3.63) is 178 Å². The normalized spacial score (nSPS) is 11.6. The van der Waals surface area contributed by atoms with Gasteiger partial charge in [-0.2, -0.15) is 0 Å². The van der Waals surface area contributed by atoms with E-state index < -0.39 is 0 Å². The minimum absolute atomic E-state index is 0.759. The fourth-order valence-corrected chi connectivity index (χ4v) is 12.3. The third-order valence-corrected chi connectivity index (χ3v) is 16.1. The van der Waals surface area contributed by atoms with Crippen LogP contribution in [0.5, 0.6) is 0 Å². The molecule has 0 spiro atoms. The maximum atomic E-state index is 4.88. The molecular weight excluding hydrogens is 1050 g/mol. The lowest BCUT2D eigenvalue weighted by Crippen LogP contribution is -2.22. The molecule has 0 unspecified atom stereocenters. The Morgan fingerprint density at radius 1 is 0.190 bits per heavy atom. The van der Waals surface area contributed by atoms with Gasteiger partial charge in [-0.05, 0) is 123 Å². The predicted molar refractivity (Wildman–Crippen MR) is 329 cm³/mol. The van der Waals surface area contributed by atoms with E-state index in [1.54, 1.807) is 50.6 Å². The lowest BCUT2D eigenvalue weighted by molar-refractivity contribution is 0.989. The Balaban J connectivity index is 1.39. The van der Waals surface area contributed by atoms with Crippen molar-refractivity contribution < 1.29 is 0 Å². The predicted octanol–water partition coefficient (Wildman–Crippen LogP) is 13.7. The fraction of sp³-hybridized carbons (Fsp3) is 0.250. The number of aromatic nitrogens is 16. The first-order chi connectivity index (χ1) is 40.4. The minimum Gasteiger partial charge on any atom is -0.303 e. The van der Waals surface area contributed by atoms with Crippen molar-refractivity contribution in [2.24, 2.45) is 0 Å². The molecule has 84 heavy (non-hydrogen) atoms. The quantitative estimate of drug-likeness (QED) is 0.104. The van der Waals surface area contributed by atoms with E-state index in [4.69, 9.17) is 79.7 Å². The molecule has 4 aromatic carbocycles. The Hall–Kier alpha value is -10.2. The first-order valence-corrected chi connectivity index (χ1v) is 27.6. The lowest BCUT2D eigenvalue weighted by Gasteiger charge is -2.36. The van der Waals surface area contributed by atoms with Gasteiger partial charge in [0.1, 0.15) is 50.6 Å². The van der Waals surface area contributed by atoms with E-state index in [1.165, 1.54) is 0 Å². The van der Waals surface area contributed by atoms with Crippen molar-refractivity contribution in [1.29, 1.82) is 0 Å². The van der Waals surface area contributed by atoms with E-state index in [-0.39, 0.29) is 0 Å². The highest BCUT2D eigenvalue weighted by Gasteiger charge is 2.35. The Morgan fingerprint density at radius 3 is 0.429 bits per heavy atom. The molecule has 0 bridgehead atoms. The van der Waals surface area contributed by atoms with E-state index in [1.807, 2.05) is 111 Å². The number of benzene rings is 4. The summed E-state index contributed by atoms with van der Waals surface area (Å²) in [4.78, 5) is 87.0. The molecule has 12 rings (SSSR count). The van der Waals surface area contributed by atoms with Crippen LogP contribution in [-0.2, 0) is 0 Å². The molecular formula is C64H62N20. The summed E-state index contributed by atoms with van der Waals surface area (Å²) in [6.07, 6.45) is 12.9. The van der Waals surface area contributed by atoms with Gasteiger partial charge >= 0.3 is 0 Å². The second-order valence-electron chi connectivity index (χ2n) is 21.4. The number of hydrogen-bond donors (Lipinski definition) is 0. The molecule has 12 aromatic rings. The highest BCUT2D eigenvalue weighted by Crippen LogP contribution is 2.57. The van der Waals surface area contributed by atoms with Crippen LogP contribution >= 0.6 is 0 Å². The largest absolute Gasteiger partial charge is 0.303 e. The Bertz CT molecular complexity index is 3700. The smallest absolute Gasteiger partial charge is 0.116 e. The molecule has 0 atom stereocenters. The van der Waals surface area contributed by atoms with Crippen molar-refractivity contribution in [3.8, 4) is 0 Å². The molecule has 0 aliphatic rings. The summed E-state index contributed by atoms with van der Waals surface area (Å²) in [5, 5.41) is 5.49. The monoisotopic (exact) mass is 1110 g/mol. The second-order valence-corrected chi connectivity index (χ2v) is 21.4. The van der Waals surface area contributed by atoms with Crippen LogP contribution in [0.2, 0.25) is 0 Å². The molecule has 0 saturated heterocycles. The number of nitrogens with zero attached hydrogens (tertiary/aromatic N) is 20. The molecule has 0 fully saturated rings. The van der Waals surface area contributed by atoms with Crippen molar-refractivity contribution in [2.45, 2.75) is 111 Å². The second kappa shape index (κ2) is 20.9. The summed E-state index contributed by atoms with van der Waals surface area (Å²) in [5.41, 5.74) is 21.6. The molecule has 8 aromatic heterocycles. The van der Waals surface area contributed by atoms with Gasteiger partial charge in [0.05, 0.1) is 159 Å². The maximum Gasteiger partial charge on any atom is 0.116 e. The van der Waals surface area contributed by atoms with Crippen LogP contribution in [0.3, 0.4) is 0 Å². The first-order valence-electron chi connectivity index (χ1n) is 27.6. The van der Waals surface area contributed by atoms with E-state index in [0.29, 0.717) is 0 Å². The van der Waals surface area contributed by atoms with Gasteiger partial charge in [-0.15, -0.1) is 0 Å². The summed E-state index contributed by atoms with van der Waals surface area (Å²) >= 11 is 0. The minimum atomic E-state index is 0.759. The summed E-state index contributed by atoms with van der Waals surface area (Å²) in [6, 6.07) is 13.4. The van der Waals surface area contributed by atoms with E-state index in [9.17, 15) is 0 Å². The summed E-state index contributed by atoms with van der Waals surface area (Å²) in [7, 11) is 0. The Kier molecular flexibility index (Phi) is 13.6. The third-order valence-electron chi connectivity index (χ3n) is 16.1. The van der Waals surface area contributed by atoms with Gasteiger partial charge in [0.2, 0.25) is 0 Å². The molecule has 0 aliphatic heterocycles. The van der Waals surface area contributed by atoms with Crippen LogP contribution in [-0.4, -0.2) is 79.7 Å². The first kappa shape index (κ1) is 54.4.